The third-order valence-corrected chi connectivity index (χ3v) is 4.87. The summed E-state index contributed by atoms with van der Waals surface area (Å²) in [6.45, 7) is 5.65. The quantitative estimate of drug-likeness (QED) is 0.719. The zero-order chi connectivity index (χ0) is 19.7. The third-order valence-electron chi connectivity index (χ3n) is 4.87. The summed E-state index contributed by atoms with van der Waals surface area (Å²) in [5, 5.41) is 7.74. The monoisotopic (exact) mass is 385 g/mol. The van der Waals surface area contributed by atoms with Crippen LogP contribution in [0.2, 0.25) is 0 Å². The molecule has 0 amide bonds. The topological polar surface area (TPSA) is 48.3 Å². The summed E-state index contributed by atoms with van der Waals surface area (Å²) in [5.41, 5.74) is 3.05. The molecule has 0 saturated heterocycles. The highest BCUT2D eigenvalue weighted by molar-refractivity contribution is 5.44. The lowest BCUT2D eigenvalue weighted by Crippen LogP contribution is -2.19. The van der Waals surface area contributed by atoms with Crippen molar-refractivity contribution >= 4 is 0 Å². The third kappa shape index (κ3) is 3.57. The molecule has 2 heterocycles. The normalized spacial score (nSPS) is 14.1. The van der Waals surface area contributed by atoms with Crippen LogP contribution in [-0.2, 0) is 6.54 Å². The van der Waals surface area contributed by atoms with E-state index in [0.717, 1.165) is 34.4 Å². The van der Waals surface area contributed by atoms with Gasteiger partial charge in [0.05, 0.1) is 6.20 Å². The average molecular weight is 385 g/mol. The Morgan fingerprint density at radius 2 is 1.89 bits per heavy atom. The maximum Gasteiger partial charge on any atom is 0.161 e. The molecule has 0 spiro atoms. The van der Waals surface area contributed by atoms with Crippen LogP contribution in [0.3, 0.4) is 0 Å². The number of halogens is 2. The smallest absolute Gasteiger partial charge is 0.161 e. The summed E-state index contributed by atoms with van der Waals surface area (Å²) in [7, 11) is 0. The number of fused-ring (bicyclic) bond motifs is 1. The number of ether oxygens (including phenoxy) is 2. The minimum Gasteiger partial charge on any atom is -0.486 e. The summed E-state index contributed by atoms with van der Waals surface area (Å²) in [6, 6.07) is 9.35. The Balaban J connectivity index is 1.48. The lowest BCUT2D eigenvalue weighted by Gasteiger charge is -2.19. The molecule has 0 fully saturated rings. The van der Waals surface area contributed by atoms with E-state index in [9.17, 15) is 8.78 Å². The molecule has 1 aliphatic heterocycles. The maximum atomic E-state index is 14.1. The van der Waals surface area contributed by atoms with Gasteiger partial charge in [0.1, 0.15) is 24.7 Å². The number of nitrogens with zero attached hydrogens (tertiary/aromatic N) is 2. The van der Waals surface area contributed by atoms with Crippen molar-refractivity contribution in [1.82, 2.24) is 15.1 Å². The van der Waals surface area contributed by atoms with Crippen LogP contribution in [0, 0.1) is 18.6 Å². The van der Waals surface area contributed by atoms with Gasteiger partial charge in [-0.3, -0.25) is 0 Å². The van der Waals surface area contributed by atoms with E-state index in [1.54, 1.807) is 6.20 Å². The lowest BCUT2D eigenvalue weighted by atomic mass is 10.1. The van der Waals surface area contributed by atoms with Crippen LogP contribution in [0.25, 0.3) is 5.69 Å². The maximum absolute atomic E-state index is 14.1. The Kier molecular flexibility index (Phi) is 5.00. The van der Waals surface area contributed by atoms with Gasteiger partial charge < -0.3 is 14.8 Å². The second kappa shape index (κ2) is 7.59. The predicted molar refractivity (Wildman–Crippen MR) is 101 cm³/mol. The summed E-state index contributed by atoms with van der Waals surface area (Å²) in [5.74, 6) is 0.269. The predicted octanol–water partition coefficient (Wildman–Crippen LogP) is 4.08. The van der Waals surface area contributed by atoms with E-state index in [0.29, 0.717) is 19.8 Å². The molecule has 4 rings (SSSR count). The minimum atomic E-state index is -0.644. The molecule has 7 heteroatoms. The van der Waals surface area contributed by atoms with Gasteiger partial charge in [-0.25, -0.2) is 13.5 Å². The average Bonchev–Trinajstić information content (AvgIpc) is 3.07. The molecule has 0 unspecified atom stereocenters. The fraction of sp³-hybridized carbons (Fsp3) is 0.286. The van der Waals surface area contributed by atoms with E-state index in [4.69, 9.17) is 9.47 Å². The second-order valence-corrected chi connectivity index (χ2v) is 6.77. The number of benzene rings is 2. The second-order valence-electron chi connectivity index (χ2n) is 6.77. The lowest BCUT2D eigenvalue weighted by molar-refractivity contribution is 0.171. The molecule has 0 aliphatic carbocycles. The summed E-state index contributed by atoms with van der Waals surface area (Å²) >= 11 is 0. The summed E-state index contributed by atoms with van der Waals surface area (Å²) in [6.07, 6.45) is 1.71. The molecule has 1 aromatic heterocycles. The number of aromatic nitrogens is 2. The highest BCUT2D eigenvalue weighted by Crippen LogP contribution is 2.31. The van der Waals surface area contributed by atoms with Crippen molar-refractivity contribution in [3.63, 3.8) is 0 Å². The van der Waals surface area contributed by atoms with Crippen LogP contribution in [0.1, 0.15) is 29.8 Å². The SMILES string of the molecule is Cc1c([C@@H](C)NCc2ccc3c(c2)OCCO3)cnn1-c1ccc(F)cc1F. The molecule has 1 atom stereocenters. The first-order valence-electron chi connectivity index (χ1n) is 9.15. The van der Waals surface area contributed by atoms with Gasteiger partial charge >= 0.3 is 0 Å². The largest absolute Gasteiger partial charge is 0.486 e. The molecule has 0 radical (unpaired) electrons. The van der Waals surface area contributed by atoms with Gasteiger partial charge in [0.25, 0.3) is 0 Å². The Morgan fingerprint density at radius 1 is 1.11 bits per heavy atom. The van der Waals surface area contributed by atoms with Gasteiger partial charge in [0, 0.05) is 29.9 Å². The Bertz CT molecular complexity index is 1000. The molecule has 1 aliphatic rings. The molecule has 146 valence electrons. The minimum absolute atomic E-state index is 0.00883. The molecule has 1 N–H and O–H groups in total. The Hall–Kier alpha value is -2.93. The zero-order valence-corrected chi connectivity index (χ0v) is 15.7. The fourth-order valence-corrected chi connectivity index (χ4v) is 3.32. The van der Waals surface area contributed by atoms with Crippen molar-refractivity contribution in [2.24, 2.45) is 0 Å². The number of rotatable bonds is 5. The van der Waals surface area contributed by atoms with Crippen LogP contribution in [0.15, 0.2) is 42.6 Å². The van der Waals surface area contributed by atoms with Crippen molar-refractivity contribution in [1.29, 1.82) is 0 Å². The molecule has 28 heavy (non-hydrogen) atoms. The zero-order valence-electron chi connectivity index (χ0n) is 15.7. The molecule has 0 bridgehead atoms. The highest BCUT2D eigenvalue weighted by Gasteiger charge is 2.17. The molecular weight excluding hydrogens is 364 g/mol. The van der Waals surface area contributed by atoms with E-state index in [1.807, 2.05) is 32.0 Å². The van der Waals surface area contributed by atoms with Gasteiger partial charge in [-0.15, -0.1) is 0 Å². The van der Waals surface area contributed by atoms with Gasteiger partial charge in [0.2, 0.25) is 0 Å². The number of hydrogen-bond acceptors (Lipinski definition) is 4. The van der Waals surface area contributed by atoms with Crippen molar-refractivity contribution in [2.45, 2.75) is 26.4 Å². The molecular formula is C21H21F2N3O2. The number of hydrogen-bond donors (Lipinski definition) is 1. The van der Waals surface area contributed by atoms with E-state index in [1.165, 1.54) is 16.8 Å². The van der Waals surface area contributed by atoms with Crippen LogP contribution in [-0.4, -0.2) is 23.0 Å². The van der Waals surface area contributed by atoms with Gasteiger partial charge in [-0.2, -0.15) is 5.10 Å². The van der Waals surface area contributed by atoms with E-state index >= 15 is 0 Å². The van der Waals surface area contributed by atoms with Crippen molar-refractivity contribution in [3.8, 4) is 17.2 Å². The first-order chi connectivity index (χ1) is 13.5. The standard InChI is InChI=1S/C21H21F2N3O2/c1-13(24-11-15-3-6-20-21(9-15)28-8-7-27-20)17-12-25-26(14(17)2)19-5-4-16(22)10-18(19)23/h3-6,9-10,12-13,24H,7-8,11H2,1-2H3/t13-/m1/s1. The van der Waals surface area contributed by atoms with Crippen LogP contribution < -0.4 is 14.8 Å². The van der Waals surface area contributed by atoms with E-state index in [2.05, 4.69) is 10.4 Å². The van der Waals surface area contributed by atoms with Gasteiger partial charge in [-0.05, 0) is 43.7 Å². The van der Waals surface area contributed by atoms with Gasteiger partial charge in [-0.1, -0.05) is 6.07 Å². The van der Waals surface area contributed by atoms with Crippen LogP contribution in [0.5, 0.6) is 11.5 Å². The Morgan fingerprint density at radius 3 is 2.68 bits per heavy atom. The highest BCUT2D eigenvalue weighted by atomic mass is 19.1. The van der Waals surface area contributed by atoms with Crippen molar-refractivity contribution < 1.29 is 18.3 Å². The van der Waals surface area contributed by atoms with Crippen LogP contribution >= 0.6 is 0 Å². The first-order valence-corrected chi connectivity index (χ1v) is 9.15. The summed E-state index contributed by atoms with van der Waals surface area (Å²) in [4.78, 5) is 0. The van der Waals surface area contributed by atoms with Crippen molar-refractivity contribution in [3.05, 3.63) is 71.1 Å². The molecule has 0 saturated carbocycles. The number of nitrogens with one attached hydrogen (secondary N) is 1. The van der Waals surface area contributed by atoms with Gasteiger partial charge in [0.15, 0.2) is 17.3 Å². The summed E-state index contributed by atoms with van der Waals surface area (Å²) < 4.78 is 39.9. The fourth-order valence-electron chi connectivity index (χ4n) is 3.32. The Labute approximate surface area is 161 Å². The first kappa shape index (κ1) is 18.4. The van der Waals surface area contributed by atoms with Crippen molar-refractivity contribution in [2.75, 3.05) is 13.2 Å². The molecule has 2 aromatic carbocycles. The van der Waals surface area contributed by atoms with E-state index in [-0.39, 0.29) is 11.7 Å². The van der Waals surface area contributed by atoms with Crippen LogP contribution in [0.4, 0.5) is 8.78 Å². The molecule has 3 aromatic rings. The van der Waals surface area contributed by atoms with E-state index < -0.39 is 11.6 Å². The molecule has 5 nitrogen and oxygen atoms in total.